The zero-order chi connectivity index (χ0) is 83.1. The number of rotatable bonds is 20. The molecule has 0 radical (unpaired) electrons. The third-order valence-corrected chi connectivity index (χ3v) is 36.5. The van der Waals surface area contributed by atoms with Crippen LogP contribution >= 0.6 is 91.1 Å². The molecule has 0 saturated carbocycles. The Morgan fingerprint density at radius 3 is 1.07 bits per heavy atom. The number of likely N-dealkylation sites (N-methyl/N-ethyl adjacent to an activating group) is 1. The Hall–Kier alpha value is -4.38. The number of nitrogens with two attached hydrogens (primary N) is 2. The summed E-state index contributed by atoms with van der Waals surface area (Å²) in [6.45, 7) is 2.83. The molecule has 7 aromatic rings. The second-order valence-corrected chi connectivity index (χ2v) is 44.8. The van der Waals surface area contributed by atoms with Crippen molar-refractivity contribution in [2.45, 2.75) is 36.8 Å². The average Bonchev–Trinajstić information content (AvgIpc) is 1.74. The Balaban J connectivity index is 0.000000335. The molecular formula is C42H67N13O40P12. The molecule has 53 nitrogen and oxygen atoms in total. The van der Waals surface area contributed by atoms with Gasteiger partial charge in [0.15, 0.2) is 0 Å². The molecule has 0 atom stereocenters. The lowest BCUT2D eigenvalue weighted by atomic mass is 10.2. The molecule has 0 unspecified atom stereocenters. The predicted molar refractivity (Wildman–Crippen MR) is 358 cm³/mol. The Kier molecular flexibility index (Phi) is 31.6. The van der Waals surface area contributed by atoms with Gasteiger partial charge in [0.2, 0.25) is 16.0 Å². The van der Waals surface area contributed by atoms with Crippen LogP contribution < -0.4 is 16.4 Å². The van der Waals surface area contributed by atoms with Crippen LogP contribution in [0.1, 0.15) is 33.5 Å². The molecule has 0 amide bonds. The van der Waals surface area contributed by atoms with Gasteiger partial charge in [-0.15, -0.1) is 0 Å². The summed E-state index contributed by atoms with van der Waals surface area (Å²) in [4.78, 5) is 248. The smallest absolute Gasteiger partial charge is 0.367 e. The molecular weight excluding hydrogens is 1700 g/mol. The Morgan fingerprint density at radius 2 is 0.738 bits per heavy atom. The number of nitrogens with zero attached hydrogens (tertiary/aromatic N) is 11. The van der Waals surface area contributed by atoms with Crippen LogP contribution in [0.2, 0.25) is 0 Å². The average molecular weight is 1770 g/mol. The van der Waals surface area contributed by atoms with Gasteiger partial charge in [-0.2, -0.15) is 0 Å². The molecule has 1 aliphatic rings. The van der Waals surface area contributed by atoms with Crippen LogP contribution in [0.3, 0.4) is 0 Å². The van der Waals surface area contributed by atoms with E-state index in [1.54, 1.807) is 12.1 Å². The fraction of sp³-hybridized carbons (Fsp3) is 0.286. The maximum Gasteiger partial charge on any atom is 0.375 e. The van der Waals surface area contributed by atoms with Gasteiger partial charge in [-0.05, 0) is 42.9 Å². The van der Waals surface area contributed by atoms with E-state index >= 15 is 0 Å². The van der Waals surface area contributed by atoms with E-state index in [4.69, 9.17) is 109 Å². The van der Waals surface area contributed by atoms with E-state index < -0.39 is 156 Å². The SMILES string of the molecule is CN1CCN(c2ncc(C(O)(P(=O)(O)O)P(=O)(O)O)cn2)CC1.NC(c1cccnc1)(P(=O)(O)O)P(=O)(O)O.NC(c1cncnc1)(P(=O)(O)O)P(=O)(O)O.O=P(O)(O)C(O)(Cc1cccnc1)P(=O)(O)O.O=P(O)(O)C(O)(c1cccnc1)P(=O)(O)O.O=P(O)(O)C(O)(c1cn2ccccc2n1)P(=O)(O)O. The van der Waals surface area contributed by atoms with Gasteiger partial charge in [-0.1, -0.05) is 24.3 Å². The molecule has 1 aliphatic heterocycles. The number of imidazole rings is 1. The fourth-order valence-corrected chi connectivity index (χ4v) is 21.5. The minimum atomic E-state index is -5.59. The van der Waals surface area contributed by atoms with Crippen LogP contribution in [0.4, 0.5) is 5.95 Å². The lowest BCUT2D eigenvalue weighted by Crippen LogP contribution is -2.45. The van der Waals surface area contributed by atoms with Gasteiger partial charge in [0.25, 0.3) is 15.2 Å². The van der Waals surface area contributed by atoms with Crippen molar-refractivity contribution in [2.75, 3.05) is 38.1 Å². The highest BCUT2D eigenvalue weighted by molar-refractivity contribution is 7.74. The summed E-state index contributed by atoms with van der Waals surface area (Å²) in [5.74, 6) is 0.251. The standard InChI is InChI=1S/C10H18N4O7P2.C8H10N2O7P2.C7H11NO7P2.C6H10N2O6P2.C6H9NO7P2.C5H9N3O6P2/c1-13-2-4-14(5-3-13)9-11-6-8(7-12-9)10(15,22(16,17)18)23(19,20)21;11-8(18(12,13)14,19(15,16)17)6-5-10-4-2-1-3-7(10)9-6;9-7(16(10,11)12,17(13,14)15)4-6-2-1-3-8-5-6;7-6(15(9,10)11,16(12,13)14)5-2-1-3-8-4-5;8-6(15(9,10)11,16(12,13)14)5-2-1-3-7-4-5;6-5(15(9,10)11,16(12,13)14)4-1-7-3-8-2-4/h6-7,15H,2-5H2,1H3,(H2,16,17,18)(H2,19,20,21);1-5,11H,(H2,12,13,14)(H2,15,16,17);1-3,5,9H,4H2,(H2,10,11,12)(H2,13,14,15);1-4H,7H2,(H2,9,10,11)(H2,12,13,14);1-4,8H,(H2,9,10,11)(H2,12,13,14);1-3H,6H2,(H2,9,10,11)(H2,12,13,14). The number of aliphatic hydroxyl groups is 4. The Morgan fingerprint density at radius 1 is 0.383 bits per heavy atom. The van der Waals surface area contributed by atoms with E-state index in [9.17, 15) is 94.8 Å². The van der Waals surface area contributed by atoms with Crippen LogP contribution in [0.15, 0.2) is 135 Å². The topological polar surface area (TPSA) is 937 Å². The van der Waals surface area contributed by atoms with Gasteiger partial charge in [0.1, 0.15) is 17.7 Å². The van der Waals surface area contributed by atoms with Gasteiger partial charge in [0, 0.05) is 129 Å². The molecule has 7 aromatic heterocycles. The largest absolute Gasteiger partial charge is 0.375 e. The number of anilines is 1. The van der Waals surface area contributed by atoms with E-state index in [-0.39, 0.29) is 17.2 Å². The first-order valence-electron chi connectivity index (χ1n) is 27.2. The lowest BCUT2D eigenvalue weighted by molar-refractivity contribution is 0.127. The Labute approximate surface area is 597 Å². The summed E-state index contributed by atoms with van der Waals surface area (Å²) >= 11 is 0. The highest BCUT2D eigenvalue weighted by atomic mass is 31.3. The summed E-state index contributed by atoms with van der Waals surface area (Å²) in [6, 6.07) is 11.8. The summed E-state index contributed by atoms with van der Waals surface area (Å²) in [6.07, 6.45) is 12.6. The van der Waals surface area contributed by atoms with E-state index in [0.717, 1.165) is 81.1 Å². The highest BCUT2D eigenvalue weighted by Crippen LogP contribution is 2.76. The van der Waals surface area contributed by atoms with Gasteiger partial charge >= 0.3 is 96.2 Å². The van der Waals surface area contributed by atoms with E-state index in [1.807, 2.05) is 11.9 Å². The van der Waals surface area contributed by atoms with Crippen LogP contribution in [0.25, 0.3) is 5.65 Å². The van der Waals surface area contributed by atoms with E-state index in [1.165, 1.54) is 59.5 Å². The monoisotopic (exact) mass is 1770 g/mol. The molecule has 0 aliphatic carbocycles. The van der Waals surface area contributed by atoms with Gasteiger partial charge in [0.05, 0.1) is 0 Å². The molecule has 0 spiro atoms. The van der Waals surface area contributed by atoms with Crippen molar-refractivity contribution in [1.82, 2.24) is 49.2 Å². The second kappa shape index (κ2) is 34.9. The summed E-state index contributed by atoms with van der Waals surface area (Å²) in [7, 11) is -63.3. The van der Waals surface area contributed by atoms with Gasteiger partial charge in [-0.3, -0.25) is 69.7 Å². The Bertz CT molecular complexity index is 4400. The molecule has 8 rings (SSSR count). The summed E-state index contributed by atoms with van der Waals surface area (Å²) in [5.41, 5.74) is 7.53. The van der Waals surface area contributed by atoms with Crippen molar-refractivity contribution in [1.29, 1.82) is 0 Å². The highest BCUT2D eigenvalue weighted by Gasteiger charge is 2.65. The molecule has 1 fully saturated rings. The van der Waals surface area contributed by atoms with Gasteiger partial charge < -0.3 is 164 Å². The van der Waals surface area contributed by atoms with Crippen molar-refractivity contribution in [3.05, 3.63) is 169 Å². The quantitative estimate of drug-likeness (QED) is 0.0324. The maximum atomic E-state index is 11.4. The first-order chi connectivity index (χ1) is 47.9. The predicted octanol–water partition coefficient (Wildman–Crippen LogP) is -3.95. The van der Waals surface area contributed by atoms with Crippen molar-refractivity contribution in [3.63, 3.8) is 0 Å². The molecule has 107 heavy (non-hydrogen) atoms. The fourth-order valence-electron chi connectivity index (χ4n) is 8.04. The lowest BCUT2D eigenvalue weighted by Gasteiger charge is -2.33. The molecule has 600 valence electrons. The summed E-state index contributed by atoms with van der Waals surface area (Å²) < 4.78 is 135. The number of hydrogen-bond donors (Lipinski definition) is 30. The molecule has 8 heterocycles. The van der Waals surface area contributed by atoms with Crippen molar-refractivity contribution in [2.24, 2.45) is 11.5 Å². The number of pyridine rings is 4. The van der Waals surface area contributed by atoms with Crippen molar-refractivity contribution >= 4 is 103 Å². The third-order valence-electron chi connectivity index (χ3n) is 14.0. The molecule has 1 saturated heterocycles. The van der Waals surface area contributed by atoms with Crippen LogP contribution in [0.5, 0.6) is 0 Å². The number of fused-ring (bicyclic) bond motifs is 1. The first-order valence-corrected chi connectivity index (χ1v) is 46.6. The molecule has 65 heteroatoms. The van der Waals surface area contributed by atoms with Crippen LogP contribution in [-0.4, -0.2) is 225 Å². The number of hydrogen-bond acceptors (Lipinski definition) is 28. The maximum absolute atomic E-state index is 11.4. The van der Waals surface area contributed by atoms with Crippen molar-refractivity contribution in [3.8, 4) is 0 Å². The summed E-state index contributed by atoms with van der Waals surface area (Å²) in [5, 5.41) is 18.5. The first kappa shape index (κ1) is 96.8. The molecule has 0 aromatic carbocycles. The number of piperazine rings is 1. The van der Waals surface area contributed by atoms with Crippen LogP contribution in [0, 0.1) is 0 Å². The molecule has 0 bridgehead atoms. The van der Waals surface area contributed by atoms with E-state index in [0.29, 0.717) is 13.1 Å². The molecule has 32 N–H and O–H groups in total. The van der Waals surface area contributed by atoms with Crippen molar-refractivity contribution < 1.29 is 193 Å². The number of aromatic nitrogens is 9. The normalized spacial score (nSPS) is 14.8. The van der Waals surface area contributed by atoms with E-state index in [2.05, 4.69) is 44.8 Å². The third kappa shape index (κ3) is 22.1. The van der Waals surface area contributed by atoms with Crippen LogP contribution in [-0.2, 0) is 86.5 Å². The zero-order valence-electron chi connectivity index (χ0n) is 53.1. The minimum absolute atomic E-state index is 0.0988. The minimum Gasteiger partial charge on any atom is -0.367 e. The van der Waals surface area contributed by atoms with Gasteiger partial charge in [-0.25, -0.2) is 24.9 Å². The zero-order valence-corrected chi connectivity index (χ0v) is 63.8. The second-order valence-electron chi connectivity index (χ2n) is 21.5.